The Morgan fingerprint density at radius 1 is 0.919 bits per heavy atom. The zero-order valence-corrected chi connectivity index (χ0v) is 21.0. The van der Waals surface area contributed by atoms with Crippen molar-refractivity contribution in [3.63, 3.8) is 0 Å². The molecule has 2 aliphatic rings. The standard InChI is InChI=1S/C25H28N2O10/c1-5-34-17(28)12-16-19(23(31)36-7-3)25(20(21(26)37-16)22(30)33-4)14-10-8-9-11-15(14)27(24(25)32)13-18(29)35-6-2/h8-11H,5-7,12-13,26H2,1-4H3/t25-/m1/s1. The Bertz CT molecular complexity index is 1200. The molecular formula is C25H28N2O10. The van der Waals surface area contributed by atoms with Crippen molar-refractivity contribution in [3.05, 3.63) is 52.6 Å². The quantitative estimate of drug-likeness (QED) is 0.368. The minimum atomic E-state index is -2.24. The van der Waals surface area contributed by atoms with Crippen molar-refractivity contribution >= 4 is 35.5 Å². The number of hydrogen-bond donors (Lipinski definition) is 1. The summed E-state index contributed by atoms with van der Waals surface area (Å²) in [6, 6.07) is 6.23. The number of esters is 4. The Balaban J connectivity index is 2.40. The monoisotopic (exact) mass is 516 g/mol. The Hall–Kier alpha value is -4.35. The summed E-state index contributed by atoms with van der Waals surface area (Å²) in [4.78, 5) is 66.9. The zero-order chi connectivity index (χ0) is 27.3. The van der Waals surface area contributed by atoms with Crippen LogP contribution in [0.25, 0.3) is 0 Å². The van der Waals surface area contributed by atoms with Gasteiger partial charge in [0.15, 0.2) is 0 Å². The first kappa shape index (κ1) is 27.2. The lowest BCUT2D eigenvalue weighted by molar-refractivity contribution is -0.143. The van der Waals surface area contributed by atoms with Crippen LogP contribution in [0.5, 0.6) is 0 Å². The normalized spacial score (nSPS) is 18.4. The highest BCUT2D eigenvalue weighted by molar-refractivity contribution is 6.23. The Morgan fingerprint density at radius 3 is 2.16 bits per heavy atom. The van der Waals surface area contributed by atoms with E-state index >= 15 is 0 Å². The molecule has 0 saturated carbocycles. The van der Waals surface area contributed by atoms with Crippen LogP contribution in [0.4, 0.5) is 5.69 Å². The molecule has 3 rings (SSSR count). The molecule has 0 radical (unpaired) electrons. The minimum absolute atomic E-state index is 0.0415. The van der Waals surface area contributed by atoms with E-state index in [4.69, 9.17) is 29.4 Å². The van der Waals surface area contributed by atoms with Gasteiger partial charge in [-0.05, 0) is 26.8 Å². The third-order valence-corrected chi connectivity index (χ3v) is 5.75. The molecule has 1 amide bonds. The molecule has 0 aliphatic carbocycles. The zero-order valence-electron chi connectivity index (χ0n) is 21.0. The molecule has 12 nitrogen and oxygen atoms in total. The predicted molar refractivity (Wildman–Crippen MR) is 126 cm³/mol. The number of amides is 1. The molecule has 2 heterocycles. The van der Waals surface area contributed by atoms with E-state index in [-0.39, 0.29) is 36.8 Å². The van der Waals surface area contributed by atoms with Crippen LogP contribution in [0.3, 0.4) is 0 Å². The van der Waals surface area contributed by atoms with Gasteiger partial charge in [-0.25, -0.2) is 9.59 Å². The average molecular weight is 517 g/mol. The second kappa shape index (κ2) is 11.1. The third kappa shape index (κ3) is 4.61. The maximum absolute atomic E-state index is 14.3. The smallest absolute Gasteiger partial charge is 0.340 e. The van der Waals surface area contributed by atoms with Gasteiger partial charge >= 0.3 is 23.9 Å². The highest BCUT2D eigenvalue weighted by Gasteiger charge is 2.64. The third-order valence-electron chi connectivity index (χ3n) is 5.75. The van der Waals surface area contributed by atoms with Gasteiger partial charge in [0.1, 0.15) is 35.3 Å². The fourth-order valence-corrected chi connectivity index (χ4v) is 4.48. The van der Waals surface area contributed by atoms with E-state index in [1.165, 1.54) is 12.1 Å². The number of fused-ring (bicyclic) bond motifs is 2. The topological polar surface area (TPSA) is 161 Å². The number of ether oxygens (including phenoxy) is 5. The maximum Gasteiger partial charge on any atom is 0.340 e. The van der Waals surface area contributed by atoms with Crippen LogP contribution >= 0.6 is 0 Å². The van der Waals surface area contributed by atoms with Gasteiger partial charge < -0.3 is 29.4 Å². The fraction of sp³-hybridized carbons (Fsp3) is 0.400. The summed E-state index contributed by atoms with van der Waals surface area (Å²) >= 11 is 0. The maximum atomic E-state index is 14.3. The molecule has 0 bridgehead atoms. The molecule has 0 fully saturated rings. The van der Waals surface area contributed by atoms with Gasteiger partial charge in [0.2, 0.25) is 11.8 Å². The summed E-state index contributed by atoms with van der Waals surface area (Å²) in [6.07, 6.45) is -0.591. The van der Waals surface area contributed by atoms with Crippen LogP contribution in [0.1, 0.15) is 32.8 Å². The number of nitrogens with two attached hydrogens (primary N) is 1. The van der Waals surface area contributed by atoms with Crippen LogP contribution in [0.2, 0.25) is 0 Å². The van der Waals surface area contributed by atoms with Crippen molar-refractivity contribution in [2.75, 3.05) is 38.4 Å². The number of nitrogens with zero attached hydrogens (tertiary/aromatic N) is 1. The Labute approximate surface area is 212 Å². The van der Waals surface area contributed by atoms with E-state index in [2.05, 4.69) is 0 Å². The molecule has 0 aromatic heterocycles. The van der Waals surface area contributed by atoms with E-state index in [9.17, 15) is 24.0 Å². The van der Waals surface area contributed by atoms with E-state index in [0.717, 1.165) is 12.0 Å². The van der Waals surface area contributed by atoms with Crippen molar-refractivity contribution in [2.24, 2.45) is 5.73 Å². The molecule has 12 heteroatoms. The SMILES string of the molecule is CCOC(=O)CC1=C(C(=O)OCC)[C@@]2(C(=O)N(CC(=O)OCC)c3ccccc32)C(C(=O)OC)=C(N)O1. The van der Waals surface area contributed by atoms with Crippen molar-refractivity contribution in [1.29, 1.82) is 0 Å². The van der Waals surface area contributed by atoms with Gasteiger partial charge in [-0.1, -0.05) is 18.2 Å². The summed E-state index contributed by atoms with van der Waals surface area (Å²) < 4.78 is 25.8. The largest absolute Gasteiger partial charge is 0.466 e. The van der Waals surface area contributed by atoms with Gasteiger partial charge in [-0.15, -0.1) is 0 Å². The molecular weight excluding hydrogens is 488 g/mol. The molecule has 0 unspecified atom stereocenters. The highest BCUT2D eigenvalue weighted by Crippen LogP contribution is 2.55. The molecule has 2 aliphatic heterocycles. The number of carbonyl (C=O) groups is 5. The van der Waals surface area contributed by atoms with E-state index in [1.807, 2.05) is 0 Å². The summed E-state index contributed by atoms with van der Waals surface area (Å²) in [7, 11) is 1.07. The van der Waals surface area contributed by atoms with Gasteiger partial charge in [0.05, 0.1) is 26.9 Å². The van der Waals surface area contributed by atoms with Crippen molar-refractivity contribution in [2.45, 2.75) is 32.6 Å². The number of benzene rings is 1. The van der Waals surface area contributed by atoms with Gasteiger partial charge in [-0.3, -0.25) is 19.3 Å². The van der Waals surface area contributed by atoms with E-state index < -0.39 is 65.2 Å². The van der Waals surface area contributed by atoms with Crippen LogP contribution in [0, 0.1) is 0 Å². The number of methoxy groups -OCH3 is 1. The Kier molecular flexibility index (Phi) is 8.21. The second-order valence-electron chi connectivity index (χ2n) is 7.80. The molecule has 198 valence electrons. The molecule has 1 spiro atoms. The first-order valence-corrected chi connectivity index (χ1v) is 11.6. The molecule has 1 atom stereocenters. The van der Waals surface area contributed by atoms with Gasteiger partial charge in [0, 0.05) is 11.3 Å². The summed E-state index contributed by atoms with van der Waals surface area (Å²) in [5.41, 5.74) is 3.33. The lowest BCUT2D eigenvalue weighted by Gasteiger charge is -2.36. The van der Waals surface area contributed by atoms with Crippen molar-refractivity contribution in [1.82, 2.24) is 0 Å². The van der Waals surface area contributed by atoms with Crippen LogP contribution in [-0.4, -0.2) is 63.3 Å². The number of rotatable bonds is 9. The predicted octanol–water partition coefficient (Wildman–Crippen LogP) is 0.978. The number of anilines is 1. The minimum Gasteiger partial charge on any atom is -0.466 e. The second-order valence-corrected chi connectivity index (χ2v) is 7.80. The van der Waals surface area contributed by atoms with Crippen molar-refractivity contribution < 1.29 is 47.7 Å². The van der Waals surface area contributed by atoms with Crippen molar-refractivity contribution in [3.8, 4) is 0 Å². The van der Waals surface area contributed by atoms with Crippen LogP contribution in [0.15, 0.2) is 47.1 Å². The number of hydrogen-bond acceptors (Lipinski definition) is 11. The summed E-state index contributed by atoms with van der Waals surface area (Å²) in [5.74, 6) is -5.35. The van der Waals surface area contributed by atoms with Gasteiger partial charge in [-0.2, -0.15) is 0 Å². The van der Waals surface area contributed by atoms with E-state index in [1.54, 1.807) is 32.9 Å². The van der Waals surface area contributed by atoms with Gasteiger partial charge in [0.25, 0.3) is 0 Å². The first-order chi connectivity index (χ1) is 17.7. The highest BCUT2D eigenvalue weighted by atomic mass is 16.6. The van der Waals surface area contributed by atoms with Crippen LogP contribution in [-0.2, 0) is 53.1 Å². The molecule has 0 saturated heterocycles. The number of carbonyl (C=O) groups excluding carboxylic acids is 5. The lowest BCUT2D eigenvalue weighted by atomic mass is 9.67. The average Bonchev–Trinajstić information content (AvgIpc) is 3.07. The lowest BCUT2D eigenvalue weighted by Crippen LogP contribution is -2.51. The molecule has 37 heavy (non-hydrogen) atoms. The van der Waals surface area contributed by atoms with Crippen LogP contribution < -0.4 is 10.6 Å². The summed E-state index contributed by atoms with van der Waals surface area (Å²) in [5, 5.41) is 0. The Morgan fingerprint density at radius 2 is 1.54 bits per heavy atom. The summed E-state index contributed by atoms with van der Waals surface area (Å²) in [6.45, 7) is 4.24. The molecule has 1 aromatic carbocycles. The fourth-order valence-electron chi connectivity index (χ4n) is 4.48. The first-order valence-electron chi connectivity index (χ1n) is 11.6. The van der Waals surface area contributed by atoms with E-state index in [0.29, 0.717) is 0 Å². The molecule has 1 aromatic rings. The number of para-hydroxylation sites is 1. The molecule has 2 N–H and O–H groups in total.